The fourth-order valence-electron chi connectivity index (χ4n) is 5.74. The van der Waals surface area contributed by atoms with E-state index in [0.29, 0.717) is 44.5 Å². The predicted octanol–water partition coefficient (Wildman–Crippen LogP) is 2.78. The zero-order chi connectivity index (χ0) is 27.7. The number of ether oxygens (including phenoxy) is 1. The summed E-state index contributed by atoms with van der Waals surface area (Å²) in [7, 11) is 0. The van der Waals surface area contributed by atoms with Crippen molar-refractivity contribution in [3.63, 3.8) is 0 Å². The molecule has 1 amide bonds. The summed E-state index contributed by atoms with van der Waals surface area (Å²) in [5.74, 6) is -0.256. The summed E-state index contributed by atoms with van der Waals surface area (Å²) in [6, 6.07) is 8.92. The van der Waals surface area contributed by atoms with E-state index >= 15 is 0 Å². The molecule has 0 radical (unpaired) electrons. The van der Waals surface area contributed by atoms with Crippen LogP contribution in [0.25, 0.3) is 0 Å². The number of carbonyl (C=O) groups excluding carboxylic acids is 1. The van der Waals surface area contributed by atoms with Gasteiger partial charge in [-0.1, -0.05) is 26.0 Å². The molecule has 1 aromatic heterocycles. The zero-order valence-corrected chi connectivity index (χ0v) is 23.4. The minimum absolute atomic E-state index is 0.0307. The number of aliphatic hydroxyl groups is 1. The van der Waals surface area contributed by atoms with Gasteiger partial charge >= 0.3 is 0 Å². The molecule has 9 heteroatoms. The number of morpholine rings is 1. The van der Waals surface area contributed by atoms with Gasteiger partial charge in [-0.15, -0.1) is 0 Å². The Balaban J connectivity index is 1.41. The molecule has 3 aliphatic heterocycles. The smallest absolute Gasteiger partial charge is 0.246 e. The van der Waals surface area contributed by atoms with Crippen molar-refractivity contribution in [3.8, 4) is 0 Å². The van der Waals surface area contributed by atoms with Crippen LogP contribution in [-0.2, 0) is 28.0 Å². The van der Waals surface area contributed by atoms with E-state index in [9.17, 15) is 14.3 Å². The lowest BCUT2D eigenvalue weighted by atomic mass is 9.90. The number of rotatable bonds is 6. The number of pyridine rings is 1. The number of piperazine rings is 1. The Morgan fingerprint density at radius 1 is 1.28 bits per heavy atom. The molecule has 0 spiro atoms. The van der Waals surface area contributed by atoms with E-state index in [0.717, 1.165) is 41.3 Å². The second-order valence-corrected chi connectivity index (χ2v) is 11.7. The Hall–Kier alpha value is -3.01. The summed E-state index contributed by atoms with van der Waals surface area (Å²) in [4.78, 5) is 25.1. The van der Waals surface area contributed by atoms with Gasteiger partial charge in [0.25, 0.3) is 0 Å². The number of nitrogens with one attached hydrogen (secondary N) is 1. The van der Waals surface area contributed by atoms with Crippen molar-refractivity contribution in [1.82, 2.24) is 20.1 Å². The normalized spacial score (nSPS) is 23.8. The van der Waals surface area contributed by atoms with Crippen LogP contribution in [0.1, 0.15) is 50.2 Å². The third kappa shape index (κ3) is 5.95. The van der Waals surface area contributed by atoms with Crippen molar-refractivity contribution >= 4 is 11.6 Å². The fourth-order valence-corrected chi connectivity index (χ4v) is 5.74. The average Bonchev–Trinajstić information content (AvgIpc) is 3.17. The molecule has 8 nitrogen and oxygen atoms in total. The van der Waals surface area contributed by atoms with E-state index in [1.165, 1.54) is 12.1 Å². The van der Waals surface area contributed by atoms with Crippen LogP contribution in [0.4, 0.5) is 10.1 Å². The Labute approximate surface area is 230 Å². The van der Waals surface area contributed by atoms with Gasteiger partial charge in [-0.2, -0.15) is 0 Å². The van der Waals surface area contributed by atoms with Crippen LogP contribution in [0.5, 0.6) is 0 Å². The van der Waals surface area contributed by atoms with Crippen molar-refractivity contribution in [2.45, 2.75) is 58.2 Å². The van der Waals surface area contributed by atoms with Crippen LogP contribution in [0, 0.1) is 5.82 Å². The zero-order valence-electron chi connectivity index (χ0n) is 23.4. The molecule has 39 heavy (non-hydrogen) atoms. The Kier molecular flexibility index (Phi) is 7.94. The first-order chi connectivity index (χ1) is 18.6. The van der Waals surface area contributed by atoms with Gasteiger partial charge < -0.3 is 29.9 Å². The maximum Gasteiger partial charge on any atom is 0.246 e. The number of benzene rings is 1. The second kappa shape index (κ2) is 11.2. The maximum absolute atomic E-state index is 13.9. The Morgan fingerprint density at radius 2 is 2.05 bits per heavy atom. The summed E-state index contributed by atoms with van der Waals surface area (Å²) in [5, 5.41) is 13.6. The lowest BCUT2D eigenvalue weighted by molar-refractivity contribution is -0.119. The monoisotopic (exact) mass is 537 g/mol. The van der Waals surface area contributed by atoms with Crippen molar-refractivity contribution in [1.29, 1.82) is 0 Å². The molecule has 0 unspecified atom stereocenters. The van der Waals surface area contributed by atoms with E-state index in [4.69, 9.17) is 9.72 Å². The molecule has 2 N–H and O–H groups in total. The lowest BCUT2D eigenvalue weighted by Gasteiger charge is -2.39. The van der Waals surface area contributed by atoms with E-state index in [1.807, 2.05) is 11.0 Å². The predicted molar refractivity (Wildman–Crippen MR) is 149 cm³/mol. The molecule has 2 fully saturated rings. The molecule has 2 saturated heterocycles. The largest absolute Gasteiger partial charge is 0.390 e. The van der Waals surface area contributed by atoms with Crippen LogP contribution in [0.15, 0.2) is 42.2 Å². The van der Waals surface area contributed by atoms with Gasteiger partial charge in [0.1, 0.15) is 5.82 Å². The fraction of sp³-hybridized carbons (Fsp3) is 0.533. The molecular formula is C30H40FN5O3. The number of anilines is 1. The molecule has 4 heterocycles. The first-order valence-corrected chi connectivity index (χ1v) is 13.9. The highest BCUT2D eigenvalue weighted by atomic mass is 19.1. The quantitative estimate of drug-likeness (QED) is 0.587. The molecular weight excluding hydrogens is 497 g/mol. The number of hydrogen-bond acceptors (Lipinski definition) is 7. The number of aliphatic hydroxyl groups excluding tert-OH is 1. The van der Waals surface area contributed by atoms with Crippen molar-refractivity contribution in [3.05, 3.63) is 70.6 Å². The van der Waals surface area contributed by atoms with Gasteiger partial charge in [0.2, 0.25) is 5.91 Å². The molecule has 210 valence electrons. The van der Waals surface area contributed by atoms with Crippen molar-refractivity contribution in [2.24, 2.45) is 0 Å². The van der Waals surface area contributed by atoms with Crippen LogP contribution in [0.3, 0.4) is 0 Å². The van der Waals surface area contributed by atoms with Gasteiger partial charge in [0, 0.05) is 55.6 Å². The number of fused-ring (bicyclic) bond motifs is 1. The summed E-state index contributed by atoms with van der Waals surface area (Å²) < 4.78 is 19.1. The Morgan fingerprint density at radius 3 is 2.77 bits per heavy atom. The summed E-state index contributed by atoms with van der Waals surface area (Å²) in [6.45, 7) is 12.8. The van der Waals surface area contributed by atoms with Crippen LogP contribution < -0.4 is 10.2 Å². The molecule has 0 saturated carbocycles. The lowest BCUT2D eigenvalue weighted by Crippen LogP contribution is -2.52. The van der Waals surface area contributed by atoms with Crippen molar-refractivity contribution in [2.75, 3.05) is 50.8 Å². The third-order valence-corrected chi connectivity index (χ3v) is 8.01. The molecule has 1 aromatic carbocycles. The first kappa shape index (κ1) is 27.6. The van der Waals surface area contributed by atoms with Crippen LogP contribution in [-0.4, -0.2) is 83.8 Å². The molecule has 0 bridgehead atoms. The minimum Gasteiger partial charge on any atom is -0.390 e. The van der Waals surface area contributed by atoms with Crippen LogP contribution >= 0.6 is 0 Å². The van der Waals surface area contributed by atoms with E-state index < -0.39 is 0 Å². The highest BCUT2D eigenvalue weighted by Gasteiger charge is 2.41. The number of halogens is 1. The van der Waals surface area contributed by atoms with Crippen LogP contribution in [0.2, 0.25) is 0 Å². The van der Waals surface area contributed by atoms with Gasteiger partial charge in [-0.05, 0) is 49.6 Å². The highest BCUT2D eigenvalue weighted by molar-refractivity contribution is 5.97. The van der Waals surface area contributed by atoms with E-state index in [-0.39, 0.29) is 36.3 Å². The number of aromatic nitrogens is 1. The number of amides is 1. The summed E-state index contributed by atoms with van der Waals surface area (Å²) >= 11 is 0. The number of nitrogens with zero attached hydrogens (tertiary/aromatic N) is 4. The summed E-state index contributed by atoms with van der Waals surface area (Å²) in [6.07, 6.45) is 2.69. The van der Waals surface area contributed by atoms with E-state index in [1.54, 1.807) is 12.1 Å². The van der Waals surface area contributed by atoms with E-state index in [2.05, 4.69) is 49.0 Å². The van der Waals surface area contributed by atoms with Gasteiger partial charge in [-0.25, -0.2) is 4.39 Å². The highest BCUT2D eigenvalue weighted by Crippen LogP contribution is 2.41. The second-order valence-electron chi connectivity index (χ2n) is 11.7. The first-order valence-electron chi connectivity index (χ1n) is 13.9. The van der Waals surface area contributed by atoms with Gasteiger partial charge in [0.15, 0.2) is 0 Å². The molecule has 0 aliphatic carbocycles. The topological polar surface area (TPSA) is 81.2 Å². The third-order valence-electron chi connectivity index (χ3n) is 8.01. The summed E-state index contributed by atoms with van der Waals surface area (Å²) in [5.41, 5.74) is 4.76. The van der Waals surface area contributed by atoms with Gasteiger partial charge in [0.05, 0.1) is 43.4 Å². The average molecular weight is 538 g/mol. The molecule has 2 atom stereocenters. The standard InChI is InChI=1S/C30H40FN5O3/c1-20-14-35(25(13-32-20)15-34-9-10-39-18-21(34)2)16-28(38)36-19-30(3,4)29-27(36)12-23(26(17-37)33-29)11-22-5-7-24(31)8-6-22/h5-8,12,15,20-21,32,37H,9-11,13-14,16-19H2,1-4H3/b25-15+/t20-,21-/m1/s1. The molecule has 2 aromatic rings. The molecule has 3 aliphatic rings. The number of hydrogen-bond donors (Lipinski definition) is 2. The SMILES string of the molecule is C[C@@H]1CN(CC(=O)N2CC(C)(C)c3nc(CO)c(Cc4ccc(F)cc4)cc32)/C(=C/N2CCOC[C@H]2C)CN1. The number of carbonyl (C=O) groups is 1. The van der Waals surface area contributed by atoms with Crippen molar-refractivity contribution < 1.29 is 19.0 Å². The molecule has 5 rings (SSSR count). The minimum atomic E-state index is -0.345. The Bertz CT molecular complexity index is 1230. The maximum atomic E-state index is 13.9. The van der Waals surface area contributed by atoms with Gasteiger partial charge in [-0.3, -0.25) is 9.78 Å².